The van der Waals surface area contributed by atoms with E-state index < -0.39 is 10.8 Å². The van der Waals surface area contributed by atoms with Crippen molar-refractivity contribution in [2.75, 3.05) is 0 Å². The summed E-state index contributed by atoms with van der Waals surface area (Å²) in [6.45, 7) is 15.8. The van der Waals surface area contributed by atoms with Gasteiger partial charge in [0.2, 0.25) is 0 Å². The van der Waals surface area contributed by atoms with Crippen LogP contribution in [0, 0.1) is 10.8 Å². The number of thioether (sulfide) groups is 1. The van der Waals surface area contributed by atoms with Gasteiger partial charge in [0.15, 0.2) is 0 Å². The standard InChI is InChI=1S/C14H24OS2/c1-8-11-9(13(2,3)4)10(14(5,6)7)12(16-8)17(11)15/h8,11-12H,1-7H3/t8-,11-,12-,17?/m1/s1. The van der Waals surface area contributed by atoms with Gasteiger partial charge in [-0.3, -0.25) is 4.21 Å². The minimum absolute atomic E-state index is 0.144. The van der Waals surface area contributed by atoms with Crippen LogP contribution in [-0.2, 0) is 10.8 Å². The molecular weight excluding hydrogens is 248 g/mol. The molecule has 0 aliphatic carbocycles. The molecule has 1 saturated heterocycles. The van der Waals surface area contributed by atoms with Crippen LogP contribution in [0.1, 0.15) is 48.5 Å². The van der Waals surface area contributed by atoms with Crippen LogP contribution in [0.25, 0.3) is 0 Å². The molecule has 1 unspecified atom stereocenters. The number of fused-ring (bicyclic) bond motifs is 2. The molecule has 0 radical (unpaired) electrons. The Hall–Kier alpha value is 0.240. The fourth-order valence-corrected chi connectivity index (χ4v) is 8.25. The molecule has 0 spiro atoms. The summed E-state index contributed by atoms with van der Waals surface area (Å²) in [7, 11) is -0.696. The van der Waals surface area contributed by atoms with Crippen molar-refractivity contribution < 1.29 is 4.21 Å². The van der Waals surface area contributed by atoms with E-state index >= 15 is 0 Å². The number of hydrogen-bond acceptors (Lipinski definition) is 2. The van der Waals surface area contributed by atoms with Gasteiger partial charge in [0.05, 0.1) is 5.25 Å². The van der Waals surface area contributed by atoms with Gasteiger partial charge in [0.25, 0.3) is 0 Å². The number of hydrogen-bond donors (Lipinski definition) is 0. The Bertz CT molecular complexity index is 395. The molecule has 1 fully saturated rings. The van der Waals surface area contributed by atoms with Gasteiger partial charge >= 0.3 is 0 Å². The third-order valence-electron chi connectivity index (χ3n) is 3.65. The first-order chi connectivity index (χ1) is 7.55. The topological polar surface area (TPSA) is 17.1 Å². The minimum Gasteiger partial charge on any atom is -0.257 e. The van der Waals surface area contributed by atoms with Crippen LogP contribution in [0.4, 0.5) is 0 Å². The molecule has 0 saturated carbocycles. The Morgan fingerprint density at radius 2 is 1.47 bits per heavy atom. The van der Waals surface area contributed by atoms with Crippen LogP contribution in [-0.4, -0.2) is 19.3 Å². The molecule has 0 aromatic rings. The third kappa shape index (κ3) is 2.03. The average Bonchev–Trinajstić information content (AvgIpc) is 2.52. The predicted octanol–water partition coefficient (Wildman–Crippen LogP) is 3.97. The fraction of sp³-hybridized carbons (Fsp3) is 0.857. The molecule has 2 aliphatic heterocycles. The van der Waals surface area contributed by atoms with Gasteiger partial charge in [-0.2, -0.15) is 0 Å². The van der Waals surface area contributed by atoms with E-state index in [1.54, 1.807) is 0 Å². The van der Waals surface area contributed by atoms with E-state index in [0.717, 1.165) is 0 Å². The third-order valence-corrected chi connectivity index (χ3v) is 7.71. The summed E-state index contributed by atoms with van der Waals surface area (Å²) in [6, 6.07) is 0. The zero-order chi connectivity index (χ0) is 13.2. The molecule has 2 heterocycles. The molecule has 0 amide bonds. The molecule has 2 rings (SSSR count). The van der Waals surface area contributed by atoms with Crippen LogP contribution >= 0.6 is 11.8 Å². The summed E-state index contributed by atoms with van der Waals surface area (Å²) >= 11 is 1.92. The Balaban J connectivity index is 2.61. The van der Waals surface area contributed by atoms with Crippen molar-refractivity contribution >= 4 is 22.6 Å². The molecule has 4 atom stereocenters. The molecule has 2 aliphatic rings. The normalized spacial score (nSPS) is 38.1. The molecule has 17 heavy (non-hydrogen) atoms. The Morgan fingerprint density at radius 1 is 1.00 bits per heavy atom. The van der Waals surface area contributed by atoms with E-state index in [2.05, 4.69) is 48.5 Å². The monoisotopic (exact) mass is 272 g/mol. The zero-order valence-corrected chi connectivity index (χ0v) is 13.6. The van der Waals surface area contributed by atoms with E-state index in [1.165, 1.54) is 11.1 Å². The van der Waals surface area contributed by atoms with Gasteiger partial charge in [-0.25, -0.2) is 0 Å². The summed E-state index contributed by atoms with van der Waals surface area (Å²) in [5.74, 6) is 0. The summed E-state index contributed by atoms with van der Waals surface area (Å²) in [5, 5.41) is 0.806. The molecular formula is C14H24OS2. The summed E-state index contributed by atoms with van der Waals surface area (Å²) in [6.07, 6.45) is 0. The smallest absolute Gasteiger partial charge is 0.103 e. The lowest BCUT2D eigenvalue weighted by Crippen LogP contribution is -2.31. The van der Waals surface area contributed by atoms with Crippen molar-refractivity contribution in [3.05, 3.63) is 11.1 Å². The summed E-state index contributed by atoms with van der Waals surface area (Å²) < 4.78 is 12.8. The van der Waals surface area contributed by atoms with Crippen LogP contribution < -0.4 is 0 Å². The fourth-order valence-electron chi connectivity index (χ4n) is 3.05. The second-order valence-electron chi connectivity index (χ2n) is 7.25. The van der Waals surface area contributed by atoms with Crippen LogP contribution in [0.3, 0.4) is 0 Å². The Kier molecular flexibility index (Phi) is 3.11. The lowest BCUT2D eigenvalue weighted by molar-refractivity contribution is 0.434. The lowest BCUT2D eigenvalue weighted by Gasteiger charge is -2.36. The summed E-state index contributed by atoms with van der Waals surface area (Å²) in [4.78, 5) is 0. The first-order valence-corrected chi connectivity index (χ1v) is 8.57. The maximum absolute atomic E-state index is 12.5. The first kappa shape index (κ1) is 13.7. The van der Waals surface area contributed by atoms with Gasteiger partial charge in [-0.15, -0.1) is 11.8 Å². The van der Waals surface area contributed by atoms with Crippen molar-refractivity contribution in [1.82, 2.24) is 0 Å². The van der Waals surface area contributed by atoms with Crippen molar-refractivity contribution in [3.8, 4) is 0 Å². The van der Waals surface area contributed by atoms with Gasteiger partial charge < -0.3 is 0 Å². The van der Waals surface area contributed by atoms with E-state index in [4.69, 9.17) is 0 Å². The van der Waals surface area contributed by atoms with Crippen LogP contribution in [0.15, 0.2) is 11.1 Å². The lowest BCUT2D eigenvalue weighted by atomic mass is 9.74. The second kappa shape index (κ2) is 3.86. The van der Waals surface area contributed by atoms with Crippen LogP contribution in [0.2, 0.25) is 0 Å². The van der Waals surface area contributed by atoms with Crippen molar-refractivity contribution in [2.45, 2.75) is 63.5 Å². The quantitative estimate of drug-likeness (QED) is 0.621. The first-order valence-electron chi connectivity index (χ1n) is 6.35. The van der Waals surface area contributed by atoms with E-state index in [1.807, 2.05) is 11.8 Å². The molecule has 0 N–H and O–H groups in total. The molecule has 98 valence electrons. The zero-order valence-electron chi connectivity index (χ0n) is 12.0. The molecule has 0 aromatic heterocycles. The largest absolute Gasteiger partial charge is 0.257 e. The maximum Gasteiger partial charge on any atom is 0.103 e. The Morgan fingerprint density at radius 3 is 1.88 bits per heavy atom. The van der Waals surface area contributed by atoms with E-state index in [-0.39, 0.29) is 15.4 Å². The molecule has 3 heteroatoms. The summed E-state index contributed by atoms with van der Waals surface area (Å²) in [5.41, 5.74) is 3.24. The Labute approximate surface area is 112 Å². The van der Waals surface area contributed by atoms with Gasteiger partial charge in [-0.05, 0) is 22.0 Å². The van der Waals surface area contributed by atoms with E-state index in [9.17, 15) is 4.21 Å². The highest BCUT2D eigenvalue weighted by Crippen LogP contribution is 2.58. The van der Waals surface area contributed by atoms with Crippen molar-refractivity contribution in [3.63, 3.8) is 0 Å². The van der Waals surface area contributed by atoms with Crippen molar-refractivity contribution in [1.29, 1.82) is 0 Å². The maximum atomic E-state index is 12.5. The highest BCUT2D eigenvalue weighted by molar-refractivity contribution is 8.15. The SMILES string of the molecule is C[C@H]1S[C@H]2C(C(C)(C)C)=C(C(C)(C)C)[C@@H]1S2=O. The highest BCUT2D eigenvalue weighted by atomic mass is 32.2. The molecule has 0 aromatic carbocycles. The van der Waals surface area contributed by atoms with E-state index in [0.29, 0.717) is 10.5 Å². The molecule has 1 nitrogen and oxygen atoms in total. The molecule has 2 bridgehead atoms. The van der Waals surface area contributed by atoms with Gasteiger partial charge in [-0.1, -0.05) is 48.5 Å². The minimum atomic E-state index is -0.696. The average molecular weight is 272 g/mol. The van der Waals surface area contributed by atoms with Crippen LogP contribution in [0.5, 0.6) is 0 Å². The second-order valence-corrected chi connectivity index (χ2v) is 10.7. The van der Waals surface area contributed by atoms with Gasteiger partial charge in [0.1, 0.15) is 4.58 Å². The van der Waals surface area contributed by atoms with Gasteiger partial charge in [0, 0.05) is 16.0 Å². The van der Waals surface area contributed by atoms with Crippen molar-refractivity contribution in [2.24, 2.45) is 10.8 Å². The predicted molar refractivity (Wildman–Crippen MR) is 78.7 cm³/mol. The highest BCUT2D eigenvalue weighted by Gasteiger charge is 2.55. The number of rotatable bonds is 0.